The van der Waals surface area contributed by atoms with Crippen molar-refractivity contribution in [3.05, 3.63) is 65.7 Å². The summed E-state index contributed by atoms with van der Waals surface area (Å²) in [5.74, 6) is 0. The highest BCUT2D eigenvalue weighted by atomic mass is 35.5. The normalized spacial score (nSPS) is 10.8. The summed E-state index contributed by atoms with van der Waals surface area (Å²) >= 11 is 0. The van der Waals surface area contributed by atoms with Gasteiger partial charge in [-0.1, -0.05) is 48.5 Å². The van der Waals surface area contributed by atoms with Crippen LogP contribution in [0.2, 0.25) is 0 Å². The molecule has 5 heteroatoms. The topological polar surface area (TPSA) is 60.2 Å². The molecular weight excluding hydrogens is 282 g/mol. The van der Waals surface area contributed by atoms with Gasteiger partial charge in [0.2, 0.25) is 10.0 Å². The first-order valence-electron chi connectivity index (χ1n) is 5.72. The van der Waals surface area contributed by atoms with E-state index in [4.69, 9.17) is 5.14 Å². The van der Waals surface area contributed by atoms with Crippen molar-refractivity contribution in [3.8, 4) is 0 Å². The summed E-state index contributed by atoms with van der Waals surface area (Å²) in [6.07, 6.45) is 1.46. The van der Waals surface area contributed by atoms with Gasteiger partial charge in [0.05, 0.1) is 4.90 Å². The molecule has 0 fully saturated rings. The lowest BCUT2D eigenvalue weighted by Crippen LogP contribution is -2.14. The lowest BCUT2D eigenvalue weighted by Gasteiger charge is -2.07. The average Bonchev–Trinajstić information content (AvgIpc) is 2.37. The second kappa shape index (κ2) is 6.70. The molecule has 0 aliphatic heterocycles. The molecule has 0 amide bonds. The molecule has 0 unspecified atom stereocenters. The van der Waals surface area contributed by atoms with Gasteiger partial charge in [-0.3, -0.25) is 0 Å². The summed E-state index contributed by atoms with van der Waals surface area (Å²) < 4.78 is 22.9. The Morgan fingerprint density at radius 2 is 1.42 bits per heavy atom. The number of hydrogen-bond acceptors (Lipinski definition) is 2. The van der Waals surface area contributed by atoms with Gasteiger partial charge >= 0.3 is 0 Å². The second-order valence-electron chi connectivity index (χ2n) is 4.14. The molecule has 0 saturated heterocycles. The van der Waals surface area contributed by atoms with E-state index in [0.717, 1.165) is 12.0 Å². The molecule has 0 spiro atoms. The molecule has 2 rings (SSSR count). The van der Waals surface area contributed by atoms with Crippen LogP contribution in [0.15, 0.2) is 59.5 Å². The molecule has 0 aliphatic rings. The molecule has 102 valence electrons. The fourth-order valence-corrected chi connectivity index (χ4v) is 2.72. The molecule has 0 bridgehead atoms. The van der Waals surface area contributed by atoms with Gasteiger partial charge in [0, 0.05) is 0 Å². The van der Waals surface area contributed by atoms with E-state index in [1.807, 2.05) is 42.5 Å². The van der Waals surface area contributed by atoms with E-state index in [1.165, 1.54) is 5.56 Å². The predicted octanol–water partition coefficient (Wildman–Crippen LogP) is 2.54. The van der Waals surface area contributed by atoms with Crippen LogP contribution in [0.5, 0.6) is 0 Å². The first-order valence-corrected chi connectivity index (χ1v) is 7.26. The van der Waals surface area contributed by atoms with Crippen LogP contribution in [-0.2, 0) is 22.9 Å². The number of primary sulfonamides is 1. The summed E-state index contributed by atoms with van der Waals surface area (Å²) in [5, 5.41) is 5.20. The maximum Gasteiger partial charge on any atom is 0.238 e. The van der Waals surface area contributed by atoms with Gasteiger partial charge < -0.3 is 0 Å². The van der Waals surface area contributed by atoms with Crippen LogP contribution in [0.4, 0.5) is 0 Å². The monoisotopic (exact) mass is 297 g/mol. The van der Waals surface area contributed by atoms with Crippen LogP contribution in [0, 0.1) is 0 Å². The van der Waals surface area contributed by atoms with Crippen molar-refractivity contribution in [2.45, 2.75) is 17.7 Å². The Morgan fingerprint density at radius 3 is 2.05 bits per heavy atom. The summed E-state index contributed by atoms with van der Waals surface area (Å²) in [5.41, 5.74) is 1.95. The second-order valence-corrected chi connectivity index (χ2v) is 5.67. The summed E-state index contributed by atoms with van der Waals surface area (Å²) in [6.45, 7) is 0. The highest BCUT2D eigenvalue weighted by Gasteiger charge is 2.12. The van der Waals surface area contributed by atoms with Crippen molar-refractivity contribution in [3.63, 3.8) is 0 Å². The van der Waals surface area contributed by atoms with Gasteiger partial charge in [-0.15, -0.1) is 12.4 Å². The maximum absolute atomic E-state index is 11.4. The molecule has 2 N–H and O–H groups in total. The SMILES string of the molecule is Cl.NS(=O)(=O)c1ccccc1CCc1ccccc1. The molecular formula is C14H16ClNO2S. The Morgan fingerprint density at radius 1 is 0.842 bits per heavy atom. The van der Waals surface area contributed by atoms with Crippen molar-refractivity contribution >= 4 is 22.4 Å². The smallest absolute Gasteiger partial charge is 0.225 e. The van der Waals surface area contributed by atoms with E-state index < -0.39 is 10.0 Å². The molecule has 0 saturated carbocycles. The Bertz CT molecular complexity index is 627. The first-order chi connectivity index (χ1) is 8.57. The number of aryl methyl sites for hydroxylation is 2. The molecule has 2 aromatic rings. The summed E-state index contributed by atoms with van der Waals surface area (Å²) in [4.78, 5) is 0.223. The van der Waals surface area contributed by atoms with Crippen LogP contribution >= 0.6 is 12.4 Å². The van der Waals surface area contributed by atoms with E-state index in [9.17, 15) is 8.42 Å². The molecule has 0 radical (unpaired) electrons. The number of hydrogen-bond donors (Lipinski definition) is 1. The van der Waals surface area contributed by atoms with Crippen LogP contribution in [0.3, 0.4) is 0 Å². The highest BCUT2D eigenvalue weighted by molar-refractivity contribution is 7.89. The molecule has 0 atom stereocenters. The summed E-state index contributed by atoms with van der Waals surface area (Å²) in [6, 6.07) is 16.8. The number of halogens is 1. The van der Waals surface area contributed by atoms with Crippen molar-refractivity contribution in [2.75, 3.05) is 0 Å². The third-order valence-electron chi connectivity index (χ3n) is 2.80. The van der Waals surface area contributed by atoms with Crippen LogP contribution < -0.4 is 5.14 Å². The lowest BCUT2D eigenvalue weighted by molar-refractivity contribution is 0.596. The molecule has 0 aromatic heterocycles. The number of sulfonamides is 1. The minimum Gasteiger partial charge on any atom is -0.225 e. The van der Waals surface area contributed by atoms with E-state index in [1.54, 1.807) is 12.1 Å². The molecule has 0 heterocycles. The van der Waals surface area contributed by atoms with Gasteiger partial charge in [0.1, 0.15) is 0 Å². The van der Waals surface area contributed by atoms with Gasteiger partial charge in [0.15, 0.2) is 0 Å². The van der Waals surface area contributed by atoms with Crippen molar-refractivity contribution in [1.82, 2.24) is 0 Å². The van der Waals surface area contributed by atoms with Crippen LogP contribution in [0.25, 0.3) is 0 Å². The van der Waals surface area contributed by atoms with E-state index in [2.05, 4.69) is 0 Å². The van der Waals surface area contributed by atoms with Gasteiger partial charge in [0.25, 0.3) is 0 Å². The minimum atomic E-state index is -3.64. The molecule has 2 aromatic carbocycles. The van der Waals surface area contributed by atoms with Crippen molar-refractivity contribution < 1.29 is 8.42 Å². The zero-order valence-corrected chi connectivity index (χ0v) is 12.0. The van der Waals surface area contributed by atoms with Crippen molar-refractivity contribution in [2.24, 2.45) is 5.14 Å². The zero-order chi connectivity index (χ0) is 13.0. The Labute approximate surface area is 119 Å². The average molecular weight is 298 g/mol. The fourth-order valence-electron chi connectivity index (χ4n) is 1.91. The molecule has 3 nitrogen and oxygen atoms in total. The maximum atomic E-state index is 11.4. The van der Waals surface area contributed by atoms with Crippen LogP contribution in [0.1, 0.15) is 11.1 Å². The third kappa shape index (κ3) is 4.35. The molecule has 0 aliphatic carbocycles. The van der Waals surface area contributed by atoms with E-state index in [0.29, 0.717) is 6.42 Å². The number of rotatable bonds is 4. The van der Waals surface area contributed by atoms with Gasteiger partial charge in [-0.2, -0.15) is 0 Å². The lowest BCUT2D eigenvalue weighted by atomic mass is 10.0. The van der Waals surface area contributed by atoms with E-state index >= 15 is 0 Å². The largest absolute Gasteiger partial charge is 0.238 e. The Kier molecular flexibility index (Phi) is 5.54. The quantitative estimate of drug-likeness (QED) is 0.943. The van der Waals surface area contributed by atoms with E-state index in [-0.39, 0.29) is 17.3 Å². The standard InChI is InChI=1S/C14H15NO2S.ClH/c15-18(16,17)14-9-5-4-8-13(14)11-10-12-6-2-1-3-7-12;/h1-9H,10-11H2,(H2,15,16,17);1H. The number of nitrogens with two attached hydrogens (primary N) is 1. The Hall–Kier alpha value is -1.36. The van der Waals surface area contributed by atoms with Gasteiger partial charge in [-0.25, -0.2) is 13.6 Å². The third-order valence-corrected chi connectivity index (χ3v) is 3.82. The van der Waals surface area contributed by atoms with Crippen LogP contribution in [-0.4, -0.2) is 8.42 Å². The van der Waals surface area contributed by atoms with Gasteiger partial charge in [-0.05, 0) is 30.0 Å². The zero-order valence-electron chi connectivity index (χ0n) is 10.3. The highest BCUT2D eigenvalue weighted by Crippen LogP contribution is 2.16. The fraction of sp³-hybridized carbons (Fsp3) is 0.143. The van der Waals surface area contributed by atoms with Crippen molar-refractivity contribution in [1.29, 1.82) is 0 Å². The minimum absolute atomic E-state index is 0. The predicted molar refractivity (Wildman–Crippen MR) is 78.9 cm³/mol. The first kappa shape index (κ1) is 15.7. The molecule has 19 heavy (non-hydrogen) atoms. The number of benzene rings is 2. The Balaban J connectivity index is 0.00000180. The summed E-state index contributed by atoms with van der Waals surface area (Å²) in [7, 11) is -3.64.